The van der Waals surface area contributed by atoms with Gasteiger partial charge in [0.2, 0.25) is 0 Å². The van der Waals surface area contributed by atoms with Crippen LogP contribution < -0.4 is 10.2 Å². The Kier molecular flexibility index (Phi) is 6.81. The minimum atomic E-state index is -3.67. The zero-order valence-corrected chi connectivity index (χ0v) is 22.5. The van der Waals surface area contributed by atoms with Crippen LogP contribution in [-0.2, 0) is 16.4 Å². The lowest BCUT2D eigenvalue weighted by Gasteiger charge is -2.21. The van der Waals surface area contributed by atoms with Crippen LogP contribution in [0.1, 0.15) is 29.9 Å². The molecule has 0 saturated carbocycles. The Labute approximate surface area is 225 Å². The number of nitrogens with zero attached hydrogens (tertiary/aromatic N) is 4. The molecule has 1 amide bonds. The largest absolute Gasteiger partial charge is 0.388 e. The molecule has 1 aliphatic heterocycles. The van der Waals surface area contributed by atoms with Crippen LogP contribution in [0.5, 0.6) is 0 Å². The maximum absolute atomic E-state index is 13.9. The highest BCUT2D eigenvalue weighted by atomic mass is 32.2. The molecule has 4 aromatic rings. The van der Waals surface area contributed by atoms with E-state index < -0.39 is 27.2 Å². The number of carbonyl (C=O) groups is 1. The molecule has 1 fully saturated rings. The average molecular weight is 550 g/mol. The number of anilines is 1. The number of benzene rings is 1. The number of hydrogen-bond acceptors (Lipinski definition) is 8. The van der Waals surface area contributed by atoms with Crippen molar-refractivity contribution in [1.82, 2.24) is 20.3 Å². The normalized spacial score (nSPS) is 19.4. The molecule has 5 rings (SSSR count). The first kappa shape index (κ1) is 26.6. The van der Waals surface area contributed by atoms with Gasteiger partial charge in [-0.05, 0) is 55.5 Å². The molecule has 11 heteroatoms. The molecule has 0 bridgehead atoms. The topological polar surface area (TPSA) is 125 Å². The Hall–Kier alpha value is -3.96. The summed E-state index contributed by atoms with van der Waals surface area (Å²) in [5.41, 5.74) is 1.65. The lowest BCUT2D eigenvalue weighted by molar-refractivity contribution is 0.0443. The summed E-state index contributed by atoms with van der Waals surface area (Å²) in [7, 11) is -3.67. The fraction of sp³-hybridized carbons (Fsp3) is 0.286. The first-order valence-corrected chi connectivity index (χ1v) is 14.3. The molecule has 1 aliphatic rings. The molecular formula is C28H28FN5O4S. The quantitative estimate of drug-likeness (QED) is 0.375. The molecule has 9 nitrogen and oxygen atoms in total. The van der Waals surface area contributed by atoms with E-state index in [2.05, 4.69) is 15.2 Å². The van der Waals surface area contributed by atoms with Gasteiger partial charge in [-0.25, -0.2) is 22.8 Å². The zero-order chi connectivity index (χ0) is 27.9. The molecule has 2 N–H and O–H groups in total. The Morgan fingerprint density at radius 1 is 1.15 bits per heavy atom. The number of halogens is 1. The molecule has 3 aromatic heterocycles. The number of fused-ring (bicyclic) bond motifs is 1. The maximum Gasteiger partial charge on any atom is 0.251 e. The van der Waals surface area contributed by atoms with Gasteiger partial charge < -0.3 is 15.3 Å². The van der Waals surface area contributed by atoms with E-state index in [0.29, 0.717) is 35.7 Å². The highest BCUT2D eigenvalue weighted by Crippen LogP contribution is 2.31. The number of aromatic nitrogens is 3. The summed E-state index contributed by atoms with van der Waals surface area (Å²) in [5.74, 6) is -0.547. The van der Waals surface area contributed by atoms with Gasteiger partial charge in [-0.3, -0.25) is 9.78 Å². The third-order valence-corrected chi connectivity index (χ3v) is 8.10. The molecule has 0 aliphatic carbocycles. The molecule has 1 saturated heterocycles. The SMILES string of the molecule is C[C@@H]1CN(c2cccc(-c3ccc4cnc(CNC(=O)c5cc(F)cc(S(C)(=O)=O)c5)cc4n3)n2)C[C@@]1(C)O. The molecule has 0 radical (unpaired) electrons. The minimum absolute atomic E-state index is 0.0339. The van der Waals surface area contributed by atoms with E-state index >= 15 is 0 Å². The molecular weight excluding hydrogens is 521 g/mol. The average Bonchev–Trinajstić information content (AvgIpc) is 3.18. The highest BCUT2D eigenvalue weighted by molar-refractivity contribution is 7.90. The van der Waals surface area contributed by atoms with E-state index in [1.165, 1.54) is 0 Å². The van der Waals surface area contributed by atoms with Gasteiger partial charge >= 0.3 is 0 Å². The number of carbonyl (C=O) groups excluding carboxylic acids is 1. The van der Waals surface area contributed by atoms with Gasteiger partial charge in [0.1, 0.15) is 11.6 Å². The van der Waals surface area contributed by atoms with Crippen LogP contribution in [0, 0.1) is 11.7 Å². The van der Waals surface area contributed by atoms with E-state index in [9.17, 15) is 22.7 Å². The molecule has 39 heavy (non-hydrogen) atoms. The fourth-order valence-corrected chi connectivity index (χ4v) is 5.20. The number of sulfone groups is 1. The second-order valence-corrected chi connectivity index (χ2v) is 12.2. The maximum atomic E-state index is 13.9. The van der Waals surface area contributed by atoms with Crippen LogP contribution in [0.2, 0.25) is 0 Å². The molecule has 202 valence electrons. The number of rotatable bonds is 6. The molecule has 2 atom stereocenters. The summed E-state index contributed by atoms with van der Waals surface area (Å²) in [5, 5.41) is 14.0. The number of β-amino-alcohol motifs (C(OH)–C–C–N with tert-alkyl or cyclic N) is 1. The van der Waals surface area contributed by atoms with Crippen molar-refractivity contribution >= 4 is 32.5 Å². The molecule has 0 unspecified atom stereocenters. The third-order valence-electron chi connectivity index (χ3n) is 7.01. The van der Waals surface area contributed by atoms with Gasteiger partial charge in [-0.15, -0.1) is 0 Å². The molecule has 4 heterocycles. The Morgan fingerprint density at radius 2 is 1.92 bits per heavy atom. The van der Waals surface area contributed by atoms with Crippen LogP contribution in [0.25, 0.3) is 22.3 Å². The Balaban J connectivity index is 1.35. The smallest absolute Gasteiger partial charge is 0.251 e. The fourth-order valence-electron chi connectivity index (χ4n) is 4.53. The summed E-state index contributed by atoms with van der Waals surface area (Å²) in [6.45, 7) is 5.10. The zero-order valence-electron chi connectivity index (χ0n) is 21.7. The second-order valence-electron chi connectivity index (χ2n) is 10.2. The summed E-state index contributed by atoms with van der Waals surface area (Å²) in [4.78, 5) is 28.3. The van der Waals surface area contributed by atoms with Gasteiger partial charge in [-0.1, -0.05) is 13.0 Å². The summed E-state index contributed by atoms with van der Waals surface area (Å²) in [6.07, 6.45) is 2.60. The molecule has 0 spiro atoms. The van der Waals surface area contributed by atoms with Crippen molar-refractivity contribution in [1.29, 1.82) is 0 Å². The predicted molar refractivity (Wildman–Crippen MR) is 145 cm³/mol. The van der Waals surface area contributed by atoms with Crippen LogP contribution in [-0.4, -0.2) is 59.3 Å². The van der Waals surface area contributed by atoms with E-state index in [-0.39, 0.29) is 22.9 Å². The number of nitrogens with one attached hydrogen (secondary N) is 1. The van der Waals surface area contributed by atoms with Crippen LogP contribution in [0.15, 0.2) is 65.7 Å². The van der Waals surface area contributed by atoms with Gasteiger partial charge in [-0.2, -0.15) is 0 Å². The van der Waals surface area contributed by atoms with E-state index in [1.807, 2.05) is 44.2 Å². The van der Waals surface area contributed by atoms with Gasteiger partial charge in [0.15, 0.2) is 9.84 Å². The Morgan fingerprint density at radius 3 is 2.64 bits per heavy atom. The highest BCUT2D eigenvalue weighted by Gasteiger charge is 2.39. The number of amides is 1. The monoisotopic (exact) mass is 549 g/mol. The van der Waals surface area contributed by atoms with Gasteiger partial charge in [0.25, 0.3) is 5.91 Å². The lowest BCUT2D eigenvalue weighted by atomic mass is 9.95. The lowest BCUT2D eigenvalue weighted by Crippen LogP contribution is -2.33. The van der Waals surface area contributed by atoms with Crippen molar-refractivity contribution < 1.29 is 22.7 Å². The van der Waals surface area contributed by atoms with Gasteiger partial charge in [0.05, 0.1) is 39.6 Å². The first-order valence-electron chi connectivity index (χ1n) is 12.4. The number of pyridine rings is 3. The van der Waals surface area contributed by atoms with Crippen molar-refractivity contribution in [2.24, 2.45) is 5.92 Å². The van der Waals surface area contributed by atoms with Crippen molar-refractivity contribution in [3.63, 3.8) is 0 Å². The van der Waals surface area contributed by atoms with Crippen LogP contribution in [0.3, 0.4) is 0 Å². The second kappa shape index (κ2) is 9.97. The summed E-state index contributed by atoms with van der Waals surface area (Å²) < 4.78 is 37.5. The van der Waals surface area contributed by atoms with E-state index in [4.69, 9.17) is 9.97 Å². The Bertz CT molecular complexity index is 1690. The van der Waals surface area contributed by atoms with Crippen molar-refractivity contribution in [2.45, 2.75) is 30.9 Å². The summed E-state index contributed by atoms with van der Waals surface area (Å²) in [6, 6.07) is 14.2. The van der Waals surface area contributed by atoms with Crippen molar-refractivity contribution in [3.05, 3.63) is 77.9 Å². The van der Waals surface area contributed by atoms with E-state index in [0.717, 1.165) is 35.7 Å². The van der Waals surface area contributed by atoms with Crippen molar-refractivity contribution in [2.75, 3.05) is 24.2 Å². The first-order chi connectivity index (χ1) is 18.4. The van der Waals surface area contributed by atoms with Gasteiger partial charge in [0, 0.05) is 42.4 Å². The number of hydrogen-bond donors (Lipinski definition) is 2. The standard InChI is InChI=1S/C28H28FN5O4S/c1-17-15-34(16-28(17,2)36)26-6-4-5-23(33-26)24-8-7-18-13-30-21(12-25(18)32-24)14-31-27(35)19-9-20(29)11-22(10-19)39(3,37)38/h4-13,17,36H,14-16H2,1-3H3,(H,31,35)/t17-,28-/m1/s1. The van der Waals surface area contributed by atoms with Crippen LogP contribution in [0.4, 0.5) is 10.2 Å². The minimum Gasteiger partial charge on any atom is -0.388 e. The summed E-state index contributed by atoms with van der Waals surface area (Å²) >= 11 is 0. The van der Waals surface area contributed by atoms with Crippen molar-refractivity contribution in [3.8, 4) is 11.4 Å². The number of aliphatic hydroxyl groups is 1. The molecule has 1 aromatic carbocycles. The van der Waals surface area contributed by atoms with E-state index in [1.54, 1.807) is 12.3 Å². The predicted octanol–water partition coefficient (Wildman–Crippen LogP) is 3.37. The third kappa shape index (κ3) is 5.74. The van der Waals surface area contributed by atoms with Crippen LogP contribution >= 0.6 is 0 Å².